The topological polar surface area (TPSA) is 38.3 Å². The van der Waals surface area contributed by atoms with Crippen LogP contribution >= 0.6 is 0 Å². The molecule has 0 bridgehead atoms. The maximum absolute atomic E-state index is 12.2. The van der Waals surface area contributed by atoms with Gasteiger partial charge in [0.05, 0.1) is 13.2 Å². The van der Waals surface area contributed by atoms with E-state index in [0.29, 0.717) is 5.92 Å². The van der Waals surface area contributed by atoms with Crippen LogP contribution in [0.5, 0.6) is 5.75 Å². The monoisotopic (exact) mass is 277 g/mol. The Hall–Kier alpha value is -1.51. The van der Waals surface area contributed by atoms with E-state index in [1.54, 1.807) is 7.11 Å². The van der Waals surface area contributed by atoms with Crippen molar-refractivity contribution in [3.8, 4) is 5.75 Å². The van der Waals surface area contributed by atoms with Gasteiger partial charge in [-0.15, -0.1) is 0 Å². The zero-order valence-corrected chi connectivity index (χ0v) is 13.3. The van der Waals surface area contributed by atoms with Crippen molar-refractivity contribution in [1.82, 2.24) is 5.32 Å². The summed E-state index contributed by atoms with van der Waals surface area (Å²) in [4.78, 5) is 12.2. The van der Waals surface area contributed by atoms with Crippen LogP contribution in [0, 0.1) is 11.8 Å². The highest BCUT2D eigenvalue weighted by Crippen LogP contribution is 2.24. The van der Waals surface area contributed by atoms with E-state index in [2.05, 4.69) is 26.1 Å². The molecule has 0 aliphatic carbocycles. The molecule has 0 radical (unpaired) electrons. The highest BCUT2D eigenvalue weighted by atomic mass is 16.5. The average Bonchev–Trinajstić information content (AvgIpc) is 2.44. The molecule has 0 saturated heterocycles. The summed E-state index contributed by atoms with van der Waals surface area (Å²) in [6.07, 6.45) is 1.96. The third-order valence-corrected chi connectivity index (χ3v) is 3.61. The van der Waals surface area contributed by atoms with Crippen molar-refractivity contribution in [2.24, 2.45) is 11.8 Å². The molecule has 1 amide bonds. The molecule has 0 aromatic heterocycles. The number of ether oxygens (including phenoxy) is 1. The first-order valence-corrected chi connectivity index (χ1v) is 7.43. The van der Waals surface area contributed by atoms with Crippen LogP contribution in [0.3, 0.4) is 0 Å². The number of hydrogen-bond acceptors (Lipinski definition) is 2. The zero-order valence-electron chi connectivity index (χ0n) is 13.3. The fraction of sp³-hybridized carbons (Fsp3) is 0.588. The molecule has 3 nitrogen and oxygen atoms in total. The van der Waals surface area contributed by atoms with Gasteiger partial charge in [-0.25, -0.2) is 0 Å². The number of hydrogen-bond donors (Lipinski definition) is 1. The fourth-order valence-corrected chi connectivity index (χ4v) is 2.31. The van der Waals surface area contributed by atoms with E-state index >= 15 is 0 Å². The highest BCUT2D eigenvalue weighted by molar-refractivity contribution is 5.78. The highest BCUT2D eigenvalue weighted by Gasteiger charge is 2.21. The number of carbonyl (C=O) groups excluding carboxylic acids is 1. The van der Waals surface area contributed by atoms with Crippen molar-refractivity contribution >= 4 is 5.91 Å². The lowest BCUT2D eigenvalue weighted by molar-refractivity contribution is -0.125. The summed E-state index contributed by atoms with van der Waals surface area (Å²) >= 11 is 0. The van der Waals surface area contributed by atoms with Gasteiger partial charge >= 0.3 is 0 Å². The normalized spacial score (nSPS) is 13.9. The molecule has 1 rings (SSSR count). The molecule has 2 unspecified atom stereocenters. The van der Waals surface area contributed by atoms with Crippen molar-refractivity contribution < 1.29 is 9.53 Å². The third kappa shape index (κ3) is 4.55. The van der Waals surface area contributed by atoms with Gasteiger partial charge in [-0.3, -0.25) is 4.79 Å². The van der Waals surface area contributed by atoms with E-state index in [-0.39, 0.29) is 17.9 Å². The van der Waals surface area contributed by atoms with Gasteiger partial charge in [0, 0.05) is 5.92 Å². The Labute approximate surface area is 122 Å². The van der Waals surface area contributed by atoms with E-state index in [4.69, 9.17) is 4.74 Å². The van der Waals surface area contributed by atoms with Crippen LogP contribution in [0.2, 0.25) is 0 Å². The van der Waals surface area contributed by atoms with E-state index in [1.165, 1.54) is 0 Å². The average molecular weight is 277 g/mol. The van der Waals surface area contributed by atoms with Crippen LogP contribution < -0.4 is 10.1 Å². The van der Waals surface area contributed by atoms with Gasteiger partial charge in [-0.2, -0.15) is 0 Å². The first-order chi connectivity index (χ1) is 9.49. The summed E-state index contributed by atoms with van der Waals surface area (Å²) in [5.41, 5.74) is 1.12. The zero-order chi connectivity index (χ0) is 15.1. The Morgan fingerprint density at radius 2 is 1.80 bits per heavy atom. The van der Waals surface area contributed by atoms with Crippen molar-refractivity contribution in [2.45, 2.75) is 46.6 Å². The lowest BCUT2D eigenvalue weighted by atomic mass is 9.94. The Kier molecular flexibility index (Phi) is 6.56. The molecule has 2 atom stereocenters. The quantitative estimate of drug-likeness (QED) is 0.819. The molecule has 0 saturated carbocycles. The van der Waals surface area contributed by atoms with Crippen molar-refractivity contribution in [2.75, 3.05) is 7.11 Å². The minimum atomic E-state index is 0.0488. The van der Waals surface area contributed by atoms with Gasteiger partial charge in [-0.05, 0) is 30.0 Å². The first kappa shape index (κ1) is 16.5. The number of nitrogens with one attached hydrogen (secondary N) is 1. The predicted molar refractivity (Wildman–Crippen MR) is 82.8 cm³/mol. The smallest absolute Gasteiger partial charge is 0.223 e. The summed E-state index contributed by atoms with van der Waals surface area (Å²) in [6, 6.07) is 7.97. The Morgan fingerprint density at radius 3 is 2.25 bits per heavy atom. The molecule has 0 fully saturated rings. The number of amides is 1. The lowest BCUT2D eigenvalue weighted by Gasteiger charge is -2.25. The molecule has 0 heterocycles. The van der Waals surface area contributed by atoms with Gasteiger partial charge in [0.15, 0.2) is 0 Å². The van der Waals surface area contributed by atoms with Gasteiger partial charge in [0.25, 0.3) is 0 Å². The summed E-state index contributed by atoms with van der Waals surface area (Å²) in [5, 5.41) is 3.18. The van der Waals surface area contributed by atoms with Crippen LogP contribution in [0.15, 0.2) is 24.3 Å². The SMILES string of the molecule is CCCC(C)C(=O)NC(c1ccc(OC)cc1)C(C)C. The maximum atomic E-state index is 12.2. The van der Waals surface area contributed by atoms with Crippen LogP contribution in [-0.2, 0) is 4.79 Å². The second-order valence-corrected chi connectivity index (χ2v) is 5.69. The predicted octanol–water partition coefficient (Wildman–Crippen LogP) is 3.94. The summed E-state index contributed by atoms with van der Waals surface area (Å²) < 4.78 is 5.17. The molecule has 1 N–H and O–H groups in total. The second-order valence-electron chi connectivity index (χ2n) is 5.69. The molecule has 1 aromatic rings. The van der Waals surface area contributed by atoms with E-state index < -0.39 is 0 Å². The van der Waals surface area contributed by atoms with Crippen molar-refractivity contribution in [3.05, 3.63) is 29.8 Å². The van der Waals surface area contributed by atoms with Gasteiger partial charge in [0.2, 0.25) is 5.91 Å². The third-order valence-electron chi connectivity index (χ3n) is 3.61. The molecule has 3 heteroatoms. The largest absolute Gasteiger partial charge is 0.497 e. The maximum Gasteiger partial charge on any atom is 0.223 e. The van der Waals surface area contributed by atoms with E-state index in [0.717, 1.165) is 24.2 Å². The minimum absolute atomic E-state index is 0.0488. The molecular weight excluding hydrogens is 250 g/mol. The summed E-state index contributed by atoms with van der Waals surface area (Å²) in [6.45, 7) is 8.34. The molecule has 1 aromatic carbocycles. The van der Waals surface area contributed by atoms with Crippen LogP contribution in [0.1, 0.15) is 52.1 Å². The van der Waals surface area contributed by atoms with E-state index in [9.17, 15) is 4.79 Å². The van der Waals surface area contributed by atoms with Crippen molar-refractivity contribution in [3.63, 3.8) is 0 Å². The number of rotatable bonds is 7. The van der Waals surface area contributed by atoms with Crippen LogP contribution in [0.25, 0.3) is 0 Å². The second kappa shape index (κ2) is 7.93. The number of benzene rings is 1. The standard InChI is InChI=1S/C17H27NO2/c1-6-7-13(4)17(19)18-16(12(2)3)14-8-10-15(20-5)11-9-14/h8-13,16H,6-7H2,1-5H3,(H,18,19). The molecule has 0 spiro atoms. The van der Waals surface area contributed by atoms with Gasteiger partial charge in [-0.1, -0.05) is 46.2 Å². The van der Waals surface area contributed by atoms with Gasteiger partial charge in [0.1, 0.15) is 5.75 Å². The Morgan fingerprint density at radius 1 is 1.20 bits per heavy atom. The lowest BCUT2D eigenvalue weighted by Crippen LogP contribution is -2.35. The number of carbonyl (C=O) groups is 1. The first-order valence-electron chi connectivity index (χ1n) is 7.43. The van der Waals surface area contributed by atoms with E-state index in [1.807, 2.05) is 31.2 Å². The van der Waals surface area contributed by atoms with Crippen molar-refractivity contribution in [1.29, 1.82) is 0 Å². The fourth-order valence-electron chi connectivity index (χ4n) is 2.31. The molecule has 20 heavy (non-hydrogen) atoms. The van der Waals surface area contributed by atoms with Crippen LogP contribution in [-0.4, -0.2) is 13.0 Å². The molecular formula is C17H27NO2. The number of methoxy groups -OCH3 is 1. The molecule has 0 aliphatic heterocycles. The van der Waals surface area contributed by atoms with Crippen LogP contribution in [0.4, 0.5) is 0 Å². The molecule has 0 aliphatic rings. The summed E-state index contributed by atoms with van der Waals surface area (Å²) in [7, 11) is 1.66. The Bertz CT molecular complexity index is 412. The van der Waals surface area contributed by atoms with Gasteiger partial charge < -0.3 is 10.1 Å². The Balaban J connectivity index is 2.80. The minimum Gasteiger partial charge on any atom is -0.497 e. The summed E-state index contributed by atoms with van der Waals surface area (Å²) in [5.74, 6) is 1.39. The molecule has 112 valence electrons.